The van der Waals surface area contributed by atoms with Gasteiger partial charge in [0.2, 0.25) is 5.91 Å². The van der Waals surface area contributed by atoms with Gasteiger partial charge in [0.25, 0.3) is 5.91 Å². The number of hydrogen-bond donors (Lipinski definition) is 2. The van der Waals surface area contributed by atoms with Crippen LogP contribution < -0.4 is 5.32 Å². The SMILES string of the molecule is CCc1[nH]c(C(=O)N2CCC[C@H](NC(=O)C(C)C)C2)c(C)c1C(=O)OC. The van der Waals surface area contributed by atoms with Gasteiger partial charge in [-0.2, -0.15) is 0 Å². The molecule has 1 saturated heterocycles. The Balaban J connectivity index is 2.19. The fraction of sp³-hybridized carbons (Fsp3) is 0.632. The molecule has 1 aliphatic heterocycles. The number of nitrogens with one attached hydrogen (secondary N) is 2. The summed E-state index contributed by atoms with van der Waals surface area (Å²) in [7, 11) is 1.34. The van der Waals surface area contributed by atoms with E-state index in [0.717, 1.165) is 12.8 Å². The molecule has 0 unspecified atom stereocenters. The molecule has 26 heavy (non-hydrogen) atoms. The Bertz CT molecular complexity index is 693. The molecular formula is C19H29N3O4. The predicted molar refractivity (Wildman–Crippen MR) is 98.2 cm³/mol. The highest BCUT2D eigenvalue weighted by molar-refractivity contribution is 6.00. The van der Waals surface area contributed by atoms with Crippen LogP contribution in [0.2, 0.25) is 0 Å². The van der Waals surface area contributed by atoms with Crippen LogP contribution in [0.15, 0.2) is 0 Å². The Morgan fingerprint density at radius 1 is 1.35 bits per heavy atom. The van der Waals surface area contributed by atoms with Crippen LogP contribution in [0.3, 0.4) is 0 Å². The number of hydrogen-bond acceptors (Lipinski definition) is 4. The lowest BCUT2D eigenvalue weighted by molar-refractivity contribution is -0.125. The molecule has 7 nitrogen and oxygen atoms in total. The molecule has 1 fully saturated rings. The summed E-state index contributed by atoms with van der Waals surface area (Å²) in [6.07, 6.45) is 2.30. The first-order valence-electron chi connectivity index (χ1n) is 9.19. The maximum atomic E-state index is 13.0. The number of rotatable bonds is 5. The number of piperidine rings is 1. The fourth-order valence-corrected chi connectivity index (χ4v) is 3.32. The summed E-state index contributed by atoms with van der Waals surface area (Å²) in [5.74, 6) is -0.658. The topological polar surface area (TPSA) is 91.5 Å². The van der Waals surface area contributed by atoms with Gasteiger partial charge < -0.3 is 19.9 Å². The summed E-state index contributed by atoms with van der Waals surface area (Å²) >= 11 is 0. The van der Waals surface area contributed by atoms with Gasteiger partial charge in [0.15, 0.2) is 0 Å². The fourth-order valence-electron chi connectivity index (χ4n) is 3.32. The van der Waals surface area contributed by atoms with E-state index in [1.807, 2.05) is 20.8 Å². The maximum absolute atomic E-state index is 13.0. The summed E-state index contributed by atoms with van der Waals surface area (Å²) in [5.41, 5.74) is 2.20. The van der Waals surface area contributed by atoms with Gasteiger partial charge in [-0.3, -0.25) is 9.59 Å². The number of likely N-dealkylation sites (tertiary alicyclic amines) is 1. The molecule has 0 saturated carbocycles. The molecule has 7 heteroatoms. The number of esters is 1. The number of aromatic nitrogens is 1. The zero-order valence-electron chi connectivity index (χ0n) is 16.3. The molecule has 2 heterocycles. The normalized spacial score (nSPS) is 17.3. The highest BCUT2D eigenvalue weighted by Crippen LogP contribution is 2.23. The second-order valence-electron chi connectivity index (χ2n) is 7.08. The van der Waals surface area contributed by atoms with Crippen LogP contribution in [0.1, 0.15) is 65.7 Å². The van der Waals surface area contributed by atoms with E-state index in [9.17, 15) is 14.4 Å². The molecule has 1 atom stereocenters. The van der Waals surface area contributed by atoms with Crippen LogP contribution in [-0.2, 0) is 16.0 Å². The summed E-state index contributed by atoms with van der Waals surface area (Å²) < 4.78 is 4.85. The lowest BCUT2D eigenvalue weighted by atomic mass is 10.0. The highest BCUT2D eigenvalue weighted by Gasteiger charge is 2.30. The molecular weight excluding hydrogens is 334 g/mol. The number of amides is 2. The van der Waals surface area contributed by atoms with Gasteiger partial charge in [0.1, 0.15) is 5.69 Å². The molecule has 1 aromatic heterocycles. The van der Waals surface area contributed by atoms with Crippen molar-refractivity contribution in [3.05, 3.63) is 22.5 Å². The largest absolute Gasteiger partial charge is 0.465 e. The third-order valence-corrected chi connectivity index (χ3v) is 4.86. The number of ether oxygens (including phenoxy) is 1. The first-order chi connectivity index (χ1) is 12.3. The quantitative estimate of drug-likeness (QED) is 0.783. The highest BCUT2D eigenvalue weighted by atomic mass is 16.5. The number of aryl methyl sites for hydroxylation is 1. The Kier molecular flexibility index (Phi) is 6.45. The van der Waals surface area contributed by atoms with E-state index < -0.39 is 5.97 Å². The first kappa shape index (κ1) is 20.0. The maximum Gasteiger partial charge on any atom is 0.339 e. The average Bonchev–Trinajstić information content (AvgIpc) is 2.97. The van der Waals surface area contributed by atoms with Crippen molar-refractivity contribution < 1.29 is 19.1 Å². The van der Waals surface area contributed by atoms with Crippen molar-refractivity contribution in [1.82, 2.24) is 15.2 Å². The van der Waals surface area contributed by atoms with Crippen molar-refractivity contribution in [2.45, 2.75) is 53.0 Å². The lowest BCUT2D eigenvalue weighted by Gasteiger charge is -2.33. The first-order valence-corrected chi connectivity index (χ1v) is 9.19. The minimum atomic E-state index is -0.435. The summed E-state index contributed by atoms with van der Waals surface area (Å²) in [5, 5.41) is 3.01. The van der Waals surface area contributed by atoms with Crippen molar-refractivity contribution in [3.8, 4) is 0 Å². The second kappa shape index (κ2) is 8.38. The van der Waals surface area contributed by atoms with Crippen LogP contribution in [0.5, 0.6) is 0 Å². The lowest BCUT2D eigenvalue weighted by Crippen LogP contribution is -2.50. The molecule has 0 spiro atoms. The number of H-pyrrole nitrogens is 1. The van der Waals surface area contributed by atoms with Crippen LogP contribution in [-0.4, -0.2) is 53.9 Å². The van der Waals surface area contributed by atoms with E-state index in [1.165, 1.54) is 7.11 Å². The van der Waals surface area contributed by atoms with Gasteiger partial charge in [-0.05, 0) is 31.7 Å². The second-order valence-corrected chi connectivity index (χ2v) is 7.08. The Morgan fingerprint density at radius 3 is 2.62 bits per heavy atom. The van der Waals surface area contributed by atoms with Crippen molar-refractivity contribution in [2.75, 3.05) is 20.2 Å². The Morgan fingerprint density at radius 2 is 2.04 bits per heavy atom. The van der Waals surface area contributed by atoms with Crippen LogP contribution in [0, 0.1) is 12.8 Å². The van der Waals surface area contributed by atoms with E-state index in [-0.39, 0.29) is 23.8 Å². The van der Waals surface area contributed by atoms with Gasteiger partial charge in [-0.15, -0.1) is 0 Å². The van der Waals surface area contributed by atoms with E-state index >= 15 is 0 Å². The molecule has 0 aliphatic carbocycles. The Hall–Kier alpha value is -2.31. The predicted octanol–water partition coefficient (Wildman–Crippen LogP) is 2.05. The summed E-state index contributed by atoms with van der Waals surface area (Å²) in [6.45, 7) is 8.50. The smallest absolute Gasteiger partial charge is 0.339 e. The monoisotopic (exact) mass is 363 g/mol. The number of methoxy groups -OCH3 is 1. The van der Waals surface area contributed by atoms with Crippen LogP contribution >= 0.6 is 0 Å². The van der Waals surface area contributed by atoms with Crippen molar-refractivity contribution in [3.63, 3.8) is 0 Å². The molecule has 144 valence electrons. The van der Waals surface area contributed by atoms with E-state index in [2.05, 4.69) is 10.3 Å². The summed E-state index contributed by atoms with van der Waals surface area (Å²) in [4.78, 5) is 41.8. The molecule has 1 aromatic rings. The number of carbonyl (C=O) groups excluding carboxylic acids is 3. The molecule has 2 rings (SSSR count). The van der Waals surface area contributed by atoms with Crippen molar-refractivity contribution in [1.29, 1.82) is 0 Å². The van der Waals surface area contributed by atoms with Crippen molar-refractivity contribution >= 4 is 17.8 Å². The standard InChI is InChI=1S/C19H29N3O4/c1-6-14-15(19(25)26-5)12(4)16(21-14)18(24)22-9-7-8-13(10-22)20-17(23)11(2)3/h11,13,21H,6-10H2,1-5H3,(H,20,23)/t13-/m0/s1. The summed E-state index contributed by atoms with van der Waals surface area (Å²) in [6, 6.07) is -0.0383. The van der Waals surface area contributed by atoms with Crippen molar-refractivity contribution in [2.24, 2.45) is 5.92 Å². The zero-order valence-corrected chi connectivity index (χ0v) is 16.3. The van der Waals surface area contributed by atoms with Gasteiger partial charge in [0.05, 0.1) is 12.7 Å². The minimum Gasteiger partial charge on any atom is -0.465 e. The number of aromatic amines is 1. The minimum absolute atomic E-state index is 0.00148. The third-order valence-electron chi connectivity index (χ3n) is 4.86. The van der Waals surface area contributed by atoms with E-state index in [0.29, 0.717) is 42.0 Å². The average molecular weight is 363 g/mol. The van der Waals surface area contributed by atoms with Crippen LogP contribution in [0.25, 0.3) is 0 Å². The zero-order chi connectivity index (χ0) is 19.4. The molecule has 0 aromatic carbocycles. The molecule has 1 aliphatic rings. The van der Waals surface area contributed by atoms with Gasteiger partial charge in [0, 0.05) is 30.7 Å². The van der Waals surface area contributed by atoms with Gasteiger partial charge in [-0.1, -0.05) is 20.8 Å². The van der Waals surface area contributed by atoms with Crippen LogP contribution in [0.4, 0.5) is 0 Å². The molecule has 2 amide bonds. The van der Waals surface area contributed by atoms with Gasteiger partial charge in [-0.25, -0.2) is 4.79 Å². The van der Waals surface area contributed by atoms with Gasteiger partial charge >= 0.3 is 5.97 Å². The molecule has 0 bridgehead atoms. The molecule has 2 N–H and O–H groups in total. The molecule has 0 radical (unpaired) electrons. The van der Waals surface area contributed by atoms with E-state index in [4.69, 9.17) is 4.74 Å². The Labute approximate surface area is 154 Å². The third kappa shape index (κ3) is 4.08. The number of carbonyl (C=O) groups is 3. The van der Waals surface area contributed by atoms with E-state index in [1.54, 1.807) is 11.8 Å². The number of nitrogens with zero attached hydrogens (tertiary/aromatic N) is 1.